The molecular weight excluding hydrogens is 336 g/mol. The van der Waals surface area contributed by atoms with Crippen LogP contribution in [0.2, 0.25) is 0 Å². The summed E-state index contributed by atoms with van der Waals surface area (Å²) in [5, 5.41) is 0. The Morgan fingerprint density at radius 2 is 1.84 bits per heavy atom. The van der Waals surface area contributed by atoms with Crippen LogP contribution >= 0.6 is 0 Å². The SMILES string of the molecule is CCCN1CCN(CC=Cc2ccccc2OC)C2CS(=O)(=O)CC21. The molecule has 6 heteroatoms. The minimum Gasteiger partial charge on any atom is -0.496 e. The smallest absolute Gasteiger partial charge is 0.153 e. The van der Waals surface area contributed by atoms with Crippen molar-refractivity contribution in [2.45, 2.75) is 25.4 Å². The third-order valence-electron chi connectivity index (χ3n) is 5.19. The maximum Gasteiger partial charge on any atom is 0.153 e. The first kappa shape index (κ1) is 18.4. The summed E-state index contributed by atoms with van der Waals surface area (Å²) in [4.78, 5) is 4.70. The molecule has 5 nitrogen and oxygen atoms in total. The van der Waals surface area contributed by atoms with E-state index >= 15 is 0 Å². The monoisotopic (exact) mass is 364 g/mol. The summed E-state index contributed by atoms with van der Waals surface area (Å²) in [5.41, 5.74) is 1.05. The molecule has 25 heavy (non-hydrogen) atoms. The highest BCUT2D eigenvalue weighted by molar-refractivity contribution is 7.91. The Hall–Kier alpha value is -1.37. The standard InChI is InChI=1S/C19H28N2O3S/c1-3-10-20-12-13-21(18-15-25(22,23)14-17(18)20)11-6-8-16-7-4-5-9-19(16)24-2/h4-9,17-18H,3,10-15H2,1-2H3. The number of sulfone groups is 1. The van der Waals surface area contributed by atoms with Crippen molar-refractivity contribution in [1.29, 1.82) is 0 Å². The molecule has 2 aliphatic heterocycles. The lowest BCUT2D eigenvalue weighted by Gasteiger charge is -2.43. The molecule has 0 saturated carbocycles. The summed E-state index contributed by atoms with van der Waals surface area (Å²) in [6.45, 7) is 5.79. The largest absolute Gasteiger partial charge is 0.496 e. The predicted octanol–water partition coefficient (Wildman–Crippen LogP) is 1.90. The van der Waals surface area contributed by atoms with Crippen molar-refractivity contribution in [1.82, 2.24) is 9.80 Å². The van der Waals surface area contributed by atoms with Crippen molar-refractivity contribution in [3.63, 3.8) is 0 Å². The van der Waals surface area contributed by atoms with Gasteiger partial charge in [0.25, 0.3) is 0 Å². The van der Waals surface area contributed by atoms with Gasteiger partial charge in [-0.1, -0.05) is 37.3 Å². The number of fused-ring (bicyclic) bond motifs is 1. The molecule has 0 spiro atoms. The van der Waals surface area contributed by atoms with Crippen molar-refractivity contribution in [2.24, 2.45) is 0 Å². The summed E-state index contributed by atoms with van der Waals surface area (Å²) in [5.74, 6) is 1.46. The van der Waals surface area contributed by atoms with Gasteiger partial charge >= 0.3 is 0 Å². The van der Waals surface area contributed by atoms with E-state index < -0.39 is 9.84 Å². The Labute approximate surface area is 151 Å². The van der Waals surface area contributed by atoms with E-state index in [-0.39, 0.29) is 12.1 Å². The zero-order valence-corrected chi connectivity index (χ0v) is 15.9. The van der Waals surface area contributed by atoms with E-state index in [0.717, 1.165) is 43.9 Å². The minimum absolute atomic E-state index is 0.118. The van der Waals surface area contributed by atoms with Gasteiger partial charge in [-0.3, -0.25) is 9.80 Å². The number of methoxy groups -OCH3 is 1. The van der Waals surface area contributed by atoms with Gasteiger partial charge in [-0.2, -0.15) is 0 Å². The highest BCUT2D eigenvalue weighted by atomic mass is 32.2. The fourth-order valence-electron chi connectivity index (χ4n) is 4.01. The fraction of sp³-hybridized carbons (Fsp3) is 0.579. The molecule has 0 N–H and O–H groups in total. The number of benzene rings is 1. The van der Waals surface area contributed by atoms with Crippen LogP contribution in [0.1, 0.15) is 18.9 Å². The van der Waals surface area contributed by atoms with Crippen molar-refractivity contribution >= 4 is 15.9 Å². The first-order valence-electron chi connectivity index (χ1n) is 9.02. The summed E-state index contributed by atoms with van der Waals surface area (Å²) in [6, 6.07) is 8.19. The Morgan fingerprint density at radius 1 is 1.16 bits per heavy atom. The van der Waals surface area contributed by atoms with E-state index in [1.54, 1.807) is 7.11 Å². The van der Waals surface area contributed by atoms with Crippen molar-refractivity contribution in [2.75, 3.05) is 44.8 Å². The maximum absolute atomic E-state index is 12.2. The molecule has 2 aliphatic rings. The molecule has 0 amide bonds. The molecule has 2 unspecified atom stereocenters. The topological polar surface area (TPSA) is 49.9 Å². The van der Waals surface area contributed by atoms with Gasteiger partial charge in [-0.25, -0.2) is 8.42 Å². The predicted molar refractivity (Wildman–Crippen MR) is 102 cm³/mol. The molecule has 1 aromatic carbocycles. The van der Waals surface area contributed by atoms with Crippen LogP contribution in [-0.4, -0.2) is 75.1 Å². The number of hydrogen-bond donors (Lipinski definition) is 0. The average Bonchev–Trinajstić information content (AvgIpc) is 2.93. The Bertz CT molecular complexity index is 717. The zero-order chi connectivity index (χ0) is 17.9. The molecule has 2 atom stereocenters. The number of nitrogens with zero attached hydrogens (tertiary/aromatic N) is 2. The van der Waals surface area contributed by atoms with Crippen LogP contribution in [0.4, 0.5) is 0 Å². The van der Waals surface area contributed by atoms with Gasteiger partial charge in [0.15, 0.2) is 9.84 Å². The second-order valence-corrected chi connectivity index (χ2v) is 9.04. The molecule has 0 aliphatic carbocycles. The van der Waals surface area contributed by atoms with Crippen molar-refractivity contribution < 1.29 is 13.2 Å². The number of piperazine rings is 1. The Kier molecular flexibility index (Phi) is 5.81. The van der Waals surface area contributed by atoms with Crippen LogP contribution < -0.4 is 4.74 Å². The lowest BCUT2D eigenvalue weighted by Crippen LogP contribution is -2.59. The minimum atomic E-state index is -2.93. The fourth-order valence-corrected chi connectivity index (χ4v) is 6.05. The van der Waals surface area contributed by atoms with Crippen LogP contribution in [0.25, 0.3) is 6.08 Å². The highest BCUT2D eigenvalue weighted by Gasteiger charge is 2.45. The average molecular weight is 365 g/mol. The molecule has 2 fully saturated rings. The lowest BCUT2D eigenvalue weighted by molar-refractivity contribution is 0.0534. The molecule has 3 rings (SSSR count). The number of ether oxygens (including phenoxy) is 1. The zero-order valence-electron chi connectivity index (χ0n) is 15.1. The normalized spacial score (nSPS) is 26.8. The van der Waals surface area contributed by atoms with Crippen molar-refractivity contribution in [3.05, 3.63) is 35.9 Å². The first-order chi connectivity index (χ1) is 12.0. The van der Waals surface area contributed by atoms with Gasteiger partial charge in [0.2, 0.25) is 0 Å². The van der Waals surface area contributed by atoms with Crippen LogP contribution in [0, 0.1) is 0 Å². The van der Waals surface area contributed by atoms with Gasteiger partial charge in [-0.15, -0.1) is 0 Å². The summed E-state index contributed by atoms with van der Waals surface area (Å²) in [6.07, 6.45) is 5.25. The van der Waals surface area contributed by atoms with Crippen LogP contribution in [0.3, 0.4) is 0 Å². The van der Waals surface area contributed by atoms with E-state index in [9.17, 15) is 8.42 Å². The van der Waals surface area contributed by atoms with Gasteiger partial charge in [-0.05, 0) is 19.0 Å². The molecule has 2 heterocycles. The van der Waals surface area contributed by atoms with Crippen LogP contribution in [0.15, 0.2) is 30.3 Å². The van der Waals surface area contributed by atoms with Gasteiger partial charge in [0, 0.05) is 37.3 Å². The Balaban J connectivity index is 1.69. The summed E-state index contributed by atoms with van der Waals surface area (Å²) < 4.78 is 29.7. The third kappa shape index (κ3) is 4.25. The van der Waals surface area contributed by atoms with Gasteiger partial charge in [0.05, 0.1) is 18.6 Å². The van der Waals surface area contributed by atoms with Gasteiger partial charge in [0.1, 0.15) is 5.75 Å². The van der Waals surface area contributed by atoms with Crippen LogP contribution in [0.5, 0.6) is 5.75 Å². The number of hydrogen-bond acceptors (Lipinski definition) is 5. The quantitative estimate of drug-likeness (QED) is 0.772. The van der Waals surface area contributed by atoms with E-state index in [0.29, 0.717) is 11.5 Å². The number of rotatable bonds is 6. The second-order valence-electron chi connectivity index (χ2n) is 6.89. The molecule has 0 bridgehead atoms. The number of para-hydroxylation sites is 1. The molecule has 2 saturated heterocycles. The third-order valence-corrected chi connectivity index (χ3v) is 6.89. The molecule has 138 valence electrons. The Morgan fingerprint density at radius 3 is 2.56 bits per heavy atom. The lowest BCUT2D eigenvalue weighted by atomic mass is 10.0. The molecular formula is C19H28N2O3S. The van der Waals surface area contributed by atoms with Crippen molar-refractivity contribution in [3.8, 4) is 5.75 Å². The molecule has 0 radical (unpaired) electrons. The first-order valence-corrected chi connectivity index (χ1v) is 10.8. The molecule has 1 aromatic rings. The second kappa shape index (κ2) is 7.89. The van der Waals surface area contributed by atoms with E-state index in [4.69, 9.17) is 4.74 Å². The van der Waals surface area contributed by atoms with Gasteiger partial charge < -0.3 is 4.74 Å². The summed E-state index contributed by atoms with van der Waals surface area (Å²) >= 11 is 0. The van der Waals surface area contributed by atoms with E-state index in [1.165, 1.54) is 0 Å². The maximum atomic E-state index is 12.2. The molecule has 0 aromatic heterocycles. The highest BCUT2D eigenvalue weighted by Crippen LogP contribution is 2.27. The van der Waals surface area contributed by atoms with E-state index in [1.807, 2.05) is 24.3 Å². The van der Waals surface area contributed by atoms with E-state index in [2.05, 4.69) is 28.9 Å². The summed E-state index contributed by atoms with van der Waals surface area (Å²) in [7, 11) is -1.25. The van der Waals surface area contributed by atoms with Crippen LogP contribution in [-0.2, 0) is 9.84 Å².